The van der Waals surface area contributed by atoms with Crippen LogP contribution in [-0.4, -0.2) is 76.4 Å². The number of rotatable bonds is 9. The SMILES string of the molecule is CC(N)C(=O)NC(CO)C(=O)NC(C)C(=O)NC(CO)C(=O)O. The lowest BCUT2D eigenvalue weighted by atomic mass is 10.2. The Hall–Kier alpha value is -2.24. The Balaban J connectivity index is 4.64. The molecule has 0 aliphatic heterocycles. The number of aliphatic hydroxyl groups is 2. The number of hydrogen-bond donors (Lipinski definition) is 7. The highest BCUT2D eigenvalue weighted by Crippen LogP contribution is 1.91. The van der Waals surface area contributed by atoms with Crippen molar-refractivity contribution in [3.63, 3.8) is 0 Å². The lowest BCUT2D eigenvalue weighted by Crippen LogP contribution is -2.57. The van der Waals surface area contributed by atoms with Crippen molar-refractivity contribution >= 4 is 23.7 Å². The molecule has 0 aromatic carbocycles. The van der Waals surface area contributed by atoms with Crippen LogP contribution in [-0.2, 0) is 19.2 Å². The van der Waals surface area contributed by atoms with E-state index in [0.29, 0.717) is 0 Å². The van der Waals surface area contributed by atoms with E-state index in [-0.39, 0.29) is 0 Å². The van der Waals surface area contributed by atoms with Gasteiger partial charge in [-0.1, -0.05) is 0 Å². The van der Waals surface area contributed by atoms with Crippen LogP contribution in [0.1, 0.15) is 13.8 Å². The molecule has 11 nitrogen and oxygen atoms in total. The van der Waals surface area contributed by atoms with Crippen LogP contribution in [0.3, 0.4) is 0 Å². The molecule has 0 aliphatic rings. The average molecular weight is 334 g/mol. The number of aliphatic carboxylic acids is 1. The van der Waals surface area contributed by atoms with Gasteiger partial charge in [0.2, 0.25) is 17.7 Å². The van der Waals surface area contributed by atoms with Crippen LogP contribution in [0.4, 0.5) is 0 Å². The first-order chi connectivity index (χ1) is 10.6. The zero-order valence-electron chi connectivity index (χ0n) is 12.8. The van der Waals surface area contributed by atoms with Gasteiger partial charge in [-0.05, 0) is 13.8 Å². The van der Waals surface area contributed by atoms with Crippen molar-refractivity contribution in [2.24, 2.45) is 5.73 Å². The van der Waals surface area contributed by atoms with Crippen molar-refractivity contribution < 1.29 is 34.5 Å². The van der Waals surface area contributed by atoms with E-state index >= 15 is 0 Å². The molecular weight excluding hydrogens is 312 g/mol. The lowest BCUT2D eigenvalue weighted by Gasteiger charge is -2.21. The summed E-state index contributed by atoms with van der Waals surface area (Å²) >= 11 is 0. The maximum Gasteiger partial charge on any atom is 0.328 e. The Morgan fingerprint density at radius 3 is 1.74 bits per heavy atom. The van der Waals surface area contributed by atoms with Crippen LogP contribution in [0.5, 0.6) is 0 Å². The van der Waals surface area contributed by atoms with Crippen molar-refractivity contribution in [2.45, 2.75) is 38.0 Å². The minimum atomic E-state index is -1.51. The van der Waals surface area contributed by atoms with Gasteiger partial charge in [0, 0.05) is 0 Å². The molecule has 0 radical (unpaired) electrons. The molecule has 0 rings (SSSR count). The van der Waals surface area contributed by atoms with E-state index in [0.717, 1.165) is 0 Å². The molecule has 0 bridgehead atoms. The second-order valence-corrected chi connectivity index (χ2v) is 4.84. The van der Waals surface area contributed by atoms with Gasteiger partial charge >= 0.3 is 5.97 Å². The van der Waals surface area contributed by atoms with Crippen molar-refractivity contribution in [3.05, 3.63) is 0 Å². The molecule has 23 heavy (non-hydrogen) atoms. The van der Waals surface area contributed by atoms with Crippen molar-refractivity contribution in [1.82, 2.24) is 16.0 Å². The molecule has 0 aliphatic carbocycles. The van der Waals surface area contributed by atoms with Crippen LogP contribution in [0.2, 0.25) is 0 Å². The quantitative estimate of drug-likeness (QED) is 0.221. The number of carboxylic acid groups (broad SMARTS) is 1. The summed E-state index contributed by atoms with van der Waals surface area (Å²) in [6, 6.07) is -4.86. The summed E-state index contributed by atoms with van der Waals surface area (Å²) in [5, 5.41) is 33.0. The van der Waals surface area contributed by atoms with Gasteiger partial charge in [-0.3, -0.25) is 14.4 Å². The molecule has 3 amide bonds. The summed E-state index contributed by atoms with van der Waals surface area (Å²) in [5.74, 6) is -3.80. The first kappa shape index (κ1) is 20.8. The molecule has 11 heteroatoms. The fourth-order valence-corrected chi connectivity index (χ4v) is 1.36. The molecule has 4 atom stereocenters. The summed E-state index contributed by atoms with van der Waals surface area (Å²) in [4.78, 5) is 45.7. The Morgan fingerprint density at radius 2 is 1.35 bits per heavy atom. The minimum Gasteiger partial charge on any atom is -0.480 e. The average Bonchev–Trinajstić information content (AvgIpc) is 2.48. The van der Waals surface area contributed by atoms with E-state index in [1.54, 1.807) is 0 Å². The topological polar surface area (TPSA) is 191 Å². The monoisotopic (exact) mass is 334 g/mol. The third-order valence-electron chi connectivity index (χ3n) is 2.78. The van der Waals surface area contributed by atoms with Crippen LogP contribution < -0.4 is 21.7 Å². The highest BCUT2D eigenvalue weighted by molar-refractivity contribution is 5.93. The van der Waals surface area contributed by atoms with Gasteiger partial charge in [0.1, 0.15) is 18.1 Å². The Labute approximate surface area is 132 Å². The van der Waals surface area contributed by atoms with E-state index in [2.05, 4.69) is 10.6 Å². The molecule has 0 spiro atoms. The molecule has 132 valence electrons. The number of aliphatic hydroxyl groups excluding tert-OH is 2. The summed E-state index contributed by atoms with van der Waals surface area (Å²) < 4.78 is 0. The highest BCUT2D eigenvalue weighted by atomic mass is 16.4. The number of amides is 3. The summed E-state index contributed by atoms with van der Waals surface area (Å²) in [6.07, 6.45) is 0. The largest absolute Gasteiger partial charge is 0.480 e. The fraction of sp³-hybridized carbons (Fsp3) is 0.667. The standard InChI is InChI=1S/C12H22N4O7/c1-5(13)9(19)15-7(3-17)11(21)14-6(2)10(20)16-8(4-18)12(22)23/h5-8,17-18H,3-4,13H2,1-2H3,(H,14,21)(H,15,19)(H,16,20)(H,22,23). The van der Waals surface area contributed by atoms with Gasteiger partial charge in [-0.2, -0.15) is 0 Å². The van der Waals surface area contributed by atoms with Crippen molar-refractivity contribution in [2.75, 3.05) is 13.2 Å². The first-order valence-corrected chi connectivity index (χ1v) is 6.75. The van der Waals surface area contributed by atoms with Gasteiger partial charge in [0.15, 0.2) is 0 Å². The molecular formula is C12H22N4O7. The summed E-state index contributed by atoms with van der Waals surface area (Å²) in [7, 11) is 0. The second kappa shape index (κ2) is 9.71. The smallest absolute Gasteiger partial charge is 0.328 e. The molecule has 0 saturated heterocycles. The van der Waals surface area contributed by atoms with Crippen LogP contribution >= 0.6 is 0 Å². The molecule has 0 aromatic heterocycles. The lowest BCUT2D eigenvalue weighted by molar-refractivity contribution is -0.143. The maximum atomic E-state index is 11.9. The minimum absolute atomic E-state index is 0.664. The number of nitrogens with two attached hydrogens (primary N) is 1. The van der Waals surface area contributed by atoms with Gasteiger partial charge in [0.05, 0.1) is 19.3 Å². The highest BCUT2D eigenvalue weighted by Gasteiger charge is 2.27. The molecule has 4 unspecified atom stereocenters. The van der Waals surface area contributed by atoms with E-state index in [1.165, 1.54) is 13.8 Å². The third-order valence-corrected chi connectivity index (χ3v) is 2.78. The van der Waals surface area contributed by atoms with E-state index < -0.39 is 61.1 Å². The van der Waals surface area contributed by atoms with Gasteiger partial charge < -0.3 is 37.0 Å². The van der Waals surface area contributed by atoms with Crippen LogP contribution in [0, 0.1) is 0 Å². The molecule has 0 heterocycles. The van der Waals surface area contributed by atoms with Crippen LogP contribution in [0.15, 0.2) is 0 Å². The zero-order valence-corrected chi connectivity index (χ0v) is 12.8. The fourth-order valence-electron chi connectivity index (χ4n) is 1.36. The molecule has 0 fully saturated rings. The zero-order chi connectivity index (χ0) is 18.2. The predicted molar refractivity (Wildman–Crippen MR) is 76.9 cm³/mol. The Morgan fingerprint density at radius 1 is 0.870 bits per heavy atom. The van der Waals surface area contributed by atoms with Gasteiger partial charge in [-0.25, -0.2) is 4.79 Å². The van der Waals surface area contributed by atoms with Gasteiger partial charge in [0.25, 0.3) is 0 Å². The van der Waals surface area contributed by atoms with Crippen LogP contribution in [0.25, 0.3) is 0 Å². The normalized spacial score (nSPS) is 15.7. The van der Waals surface area contributed by atoms with Crippen molar-refractivity contribution in [1.29, 1.82) is 0 Å². The summed E-state index contributed by atoms with van der Waals surface area (Å²) in [5.41, 5.74) is 5.32. The van der Waals surface area contributed by atoms with Crippen molar-refractivity contribution in [3.8, 4) is 0 Å². The maximum absolute atomic E-state index is 11.9. The van der Waals surface area contributed by atoms with Gasteiger partial charge in [-0.15, -0.1) is 0 Å². The first-order valence-electron chi connectivity index (χ1n) is 6.75. The second-order valence-electron chi connectivity index (χ2n) is 4.84. The molecule has 0 saturated carbocycles. The van der Waals surface area contributed by atoms with E-state index in [4.69, 9.17) is 21.1 Å². The number of carbonyl (C=O) groups excluding carboxylic acids is 3. The molecule has 0 aromatic rings. The number of carboxylic acids is 1. The Kier molecular flexibility index (Phi) is 8.77. The Bertz CT molecular complexity index is 455. The van der Waals surface area contributed by atoms with E-state index in [1.807, 2.05) is 5.32 Å². The number of hydrogen-bond acceptors (Lipinski definition) is 7. The predicted octanol–water partition coefficient (Wildman–Crippen LogP) is -4.12. The van der Waals surface area contributed by atoms with E-state index in [9.17, 15) is 19.2 Å². The third kappa shape index (κ3) is 7.04. The number of carbonyl (C=O) groups is 4. The molecule has 8 N–H and O–H groups in total. The number of nitrogens with one attached hydrogen (secondary N) is 3. The summed E-state index contributed by atoms with van der Waals surface area (Å²) in [6.45, 7) is 1.13.